The molecule has 16 fully saturated rings. The maximum Gasteiger partial charge on any atom is 0.674 e. The molecule has 0 radical (unpaired) electrons. The first-order chi connectivity index (χ1) is 65.8. The largest absolute Gasteiger partial charge is 0.674 e. The molecule has 16 rings (SSSR count). The van der Waals surface area contributed by atoms with Gasteiger partial charge in [-0.05, 0) is 308 Å². The van der Waals surface area contributed by atoms with Crippen LogP contribution in [0.2, 0.25) is 0 Å². The number of guanidine groups is 8. The number of halogens is 4. The van der Waals surface area contributed by atoms with E-state index in [-0.39, 0.29) is 0 Å². The van der Waals surface area contributed by atoms with Crippen LogP contribution >= 0.6 is 0 Å². The summed E-state index contributed by atoms with van der Waals surface area (Å²) in [7, 11) is -10.7. The number of nitrogens with zero attached hydrogens (tertiary/aromatic N) is 24. The molecular formula is C88H184B4F4N32O8. The summed E-state index contributed by atoms with van der Waals surface area (Å²) < 4.78 is 40.4. The second-order valence-corrected chi connectivity index (χ2v) is 37.4. The van der Waals surface area contributed by atoms with Gasteiger partial charge in [-0.1, -0.05) is 0 Å². The van der Waals surface area contributed by atoms with Gasteiger partial charge in [0.25, 0.3) is 0 Å². The summed E-state index contributed by atoms with van der Waals surface area (Å²) in [6.45, 7) is 34.6. The molecule has 16 heterocycles. The lowest BCUT2D eigenvalue weighted by molar-refractivity contribution is 0.229. The predicted octanol–water partition coefficient (Wildman–Crippen LogP) is 5.20. The Bertz CT molecular complexity index is 2560. The molecule has 136 heavy (non-hydrogen) atoms. The van der Waals surface area contributed by atoms with E-state index in [1.807, 2.05) is 0 Å². The van der Waals surface area contributed by atoms with E-state index >= 15 is 0 Å². The Labute approximate surface area is 814 Å². The van der Waals surface area contributed by atoms with Crippen molar-refractivity contribution in [1.29, 1.82) is 0 Å². The summed E-state index contributed by atoms with van der Waals surface area (Å²) in [5, 5.41) is 109. The van der Waals surface area contributed by atoms with Crippen LogP contribution < -0.4 is 45.9 Å². The van der Waals surface area contributed by atoms with Crippen molar-refractivity contribution in [1.82, 2.24) is 79.3 Å². The van der Waals surface area contributed by atoms with Crippen LogP contribution in [0.1, 0.15) is 308 Å². The van der Waals surface area contributed by atoms with Crippen LogP contribution in [-0.4, -0.2) is 406 Å². The normalized spacial score (nSPS) is 22.3. The van der Waals surface area contributed by atoms with Gasteiger partial charge in [0, 0.05) is 209 Å². The first kappa shape index (κ1) is 119. The Kier molecular flexibility index (Phi) is 65.6. The van der Waals surface area contributed by atoms with E-state index in [4.69, 9.17) is 86.1 Å². The molecular weight excluding hydrogens is 1750 g/mol. The van der Waals surface area contributed by atoms with E-state index < -0.39 is 29.6 Å². The van der Waals surface area contributed by atoms with E-state index in [1.165, 1.54) is 308 Å². The molecule has 0 aromatic heterocycles. The van der Waals surface area contributed by atoms with Crippen molar-refractivity contribution in [2.24, 2.45) is 86.7 Å². The molecule has 40 nitrogen and oxygen atoms in total. The quantitative estimate of drug-likeness (QED) is 0.0642. The number of rotatable bonds is 8. The van der Waals surface area contributed by atoms with E-state index in [0.29, 0.717) is 0 Å². The second kappa shape index (κ2) is 75.2. The van der Waals surface area contributed by atoms with Crippen LogP contribution in [0.15, 0.2) is 40.8 Å². The average Bonchev–Trinajstić information content (AvgIpc) is 0.925. The van der Waals surface area contributed by atoms with E-state index in [0.717, 1.165) is 257 Å². The van der Waals surface area contributed by atoms with Crippen molar-refractivity contribution in [3.8, 4) is 0 Å². The third-order valence-corrected chi connectivity index (χ3v) is 26.1. The van der Waals surface area contributed by atoms with Crippen molar-refractivity contribution in [3.05, 3.63) is 0 Å². The molecule has 0 amide bonds. The highest BCUT2D eigenvalue weighted by molar-refractivity contribution is 6.32. The summed E-state index contributed by atoms with van der Waals surface area (Å²) in [4.78, 5) is 17.8. The smallest absolute Gasteiger partial charge is 0.398 e. The molecule has 16 saturated heterocycles. The van der Waals surface area contributed by atoms with Gasteiger partial charge in [0.05, 0.1) is 0 Å². The zero-order valence-corrected chi connectivity index (χ0v) is 83.3. The van der Waals surface area contributed by atoms with Crippen LogP contribution in [-0.2, 0) is 0 Å². The summed E-state index contributed by atoms with van der Waals surface area (Å²) in [6.07, 6.45) is 61.8. The van der Waals surface area contributed by atoms with Gasteiger partial charge in [-0.2, -0.15) is 0 Å². The van der Waals surface area contributed by atoms with Gasteiger partial charge in [0.15, 0.2) is 0 Å². The number of hydrogen-bond acceptors (Lipinski definition) is 24. The number of nitrogens with two attached hydrogens (primary N) is 8. The summed E-state index contributed by atoms with van der Waals surface area (Å²) in [6, 6.07) is 0. The lowest BCUT2D eigenvalue weighted by atomic mass is 10.1. The second-order valence-electron chi connectivity index (χ2n) is 37.4. The SMILES string of the molecule is NC(=NN1CCCCC1)N1CCCCC1.NC(=NN1CCCCC1)N1CCCCC1.NC(=NN1CCCCC1)N1CCCCC1.NC(=NN1CCCCC1)N1CCCCC1.NC(=NN1CCCCC1)N1CCCCC1.NC(=NN1CCCCC1)N1CCCCC1.NC(=NN1CCCCC1)N1CCCCC1.NC(=NN1CCCCC1)N1CCCCC1.OB(O)F.OB(O)F.OB(O)F.OB(O)F. The first-order valence-corrected chi connectivity index (χ1v) is 52.5. The highest BCUT2D eigenvalue weighted by atomic mass is 19.1. The molecule has 16 aliphatic heterocycles. The van der Waals surface area contributed by atoms with Crippen LogP contribution in [0.4, 0.5) is 17.3 Å². The van der Waals surface area contributed by atoms with Crippen molar-refractivity contribution < 1.29 is 57.5 Å². The van der Waals surface area contributed by atoms with Gasteiger partial charge in [0.2, 0.25) is 47.7 Å². The molecule has 0 bridgehead atoms. The summed E-state index contributed by atoms with van der Waals surface area (Å²) >= 11 is 0. The fourth-order valence-corrected chi connectivity index (χ4v) is 18.5. The molecule has 0 atom stereocenters. The standard InChI is InChI=1S/8C11H22N4.4BFH2O2/c8*12-11(14-7-3-1-4-8-14)13-15-9-5-2-6-10-15;4*2-1(3)4/h8*1-10H2,(H2,12,13);4*3-4H. The maximum atomic E-state index is 10.1. The third-order valence-electron chi connectivity index (χ3n) is 26.1. The number of hydrazone groups is 8. The minimum absolute atomic E-state index is 0.733. The van der Waals surface area contributed by atoms with Gasteiger partial charge in [-0.3, -0.25) is 57.3 Å². The van der Waals surface area contributed by atoms with Crippen LogP contribution in [0.25, 0.3) is 0 Å². The van der Waals surface area contributed by atoms with Gasteiger partial charge in [-0.15, -0.1) is 40.8 Å². The Morgan fingerprint density at radius 3 is 0.257 bits per heavy atom. The Hall–Kier alpha value is -7.78. The molecule has 784 valence electrons. The fraction of sp³-hybridized carbons (Fsp3) is 0.909. The van der Waals surface area contributed by atoms with Crippen LogP contribution in [0.3, 0.4) is 0 Å². The van der Waals surface area contributed by atoms with Crippen LogP contribution in [0.5, 0.6) is 0 Å². The molecule has 48 heteroatoms. The summed E-state index contributed by atoms with van der Waals surface area (Å²) in [5.74, 6) is 5.86. The number of piperidine rings is 16. The maximum absolute atomic E-state index is 10.1. The van der Waals surface area contributed by atoms with Crippen LogP contribution in [0, 0.1) is 0 Å². The molecule has 0 spiro atoms. The van der Waals surface area contributed by atoms with E-state index in [2.05, 4.69) is 120 Å². The molecule has 0 saturated carbocycles. The molecule has 0 aromatic rings. The molecule has 0 aliphatic carbocycles. The highest BCUT2D eigenvalue weighted by Crippen LogP contribution is 2.21. The first-order valence-electron chi connectivity index (χ1n) is 52.5. The average molecular weight is 1940 g/mol. The number of hydrogen-bond donors (Lipinski definition) is 16. The van der Waals surface area contributed by atoms with E-state index in [9.17, 15) is 17.3 Å². The van der Waals surface area contributed by atoms with Gasteiger partial charge in [-0.25, -0.2) is 0 Å². The number of likely N-dealkylation sites (tertiary alicyclic amines) is 8. The minimum Gasteiger partial charge on any atom is -0.398 e. The lowest BCUT2D eigenvalue weighted by Gasteiger charge is -2.30. The molecule has 24 N–H and O–H groups in total. The fourth-order valence-electron chi connectivity index (χ4n) is 18.5. The van der Waals surface area contributed by atoms with Crippen molar-refractivity contribution in [3.63, 3.8) is 0 Å². The highest BCUT2D eigenvalue weighted by Gasteiger charge is 2.24. The zero-order chi connectivity index (χ0) is 98.4. The third kappa shape index (κ3) is 58.3. The van der Waals surface area contributed by atoms with Gasteiger partial charge >= 0.3 is 29.6 Å². The van der Waals surface area contributed by atoms with Gasteiger partial charge < -0.3 is 125 Å². The zero-order valence-electron chi connectivity index (χ0n) is 83.3. The Morgan fingerprint density at radius 2 is 0.191 bits per heavy atom. The molecule has 16 aliphatic rings. The van der Waals surface area contributed by atoms with Crippen molar-refractivity contribution >= 4 is 77.3 Å². The van der Waals surface area contributed by atoms with Crippen molar-refractivity contribution in [2.75, 3.05) is 209 Å². The predicted molar refractivity (Wildman–Crippen MR) is 545 cm³/mol. The molecule has 0 unspecified atom stereocenters. The molecule has 0 aromatic carbocycles. The minimum atomic E-state index is -2.67. The van der Waals surface area contributed by atoms with Gasteiger partial charge in [0.1, 0.15) is 0 Å². The lowest BCUT2D eigenvalue weighted by Crippen LogP contribution is -2.42. The Balaban J connectivity index is 0.000000268. The Morgan fingerprint density at radius 1 is 0.132 bits per heavy atom. The van der Waals surface area contributed by atoms with Crippen molar-refractivity contribution in [2.45, 2.75) is 308 Å². The van der Waals surface area contributed by atoms with E-state index in [1.54, 1.807) is 0 Å². The topological polar surface area (TPSA) is 521 Å². The monoisotopic (exact) mass is 1940 g/mol. The summed E-state index contributed by atoms with van der Waals surface area (Å²) in [5.41, 5.74) is 48.1.